The van der Waals surface area contributed by atoms with E-state index in [1.54, 1.807) is 12.1 Å². The van der Waals surface area contributed by atoms with Gasteiger partial charge in [-0.2, -0.15) is 0 Å². The van der Waals surface area contributed by atoms with Crippen molar-refractivity contribution in [3.8, 4) is 22.6 Å². The zero-order valence-corrected chi connectivity index (χ0v) is 13.8. The molecule has 0 aliphatic heterocycles. The molecule has 0 heterocycles. The third-order valence-corrected chi connectivity index (χ3v) is 3.49. The van der Waals surface area contributed by atoms with Crippen molar-refractivity contribution in [2.45, 2.75) is 19.2 Å². The van der Waals surface area contributed by atoms with Gasteiger partial charge in [-0.1, -0.05) is 40.2 Å². The van der Waals surface area contributed by atoms with Crippen molar-refractivity contribution in [3.05, 3.63) is 48.0 Å². The summed E-state index contributed by atoms with van der Waals surface area (Å²) < 4.78 is 10.2. The highest BCUT2D eigenvalue weighted by molar-refractivity contribution is 9.08. The maximum absolute atomic E-state index is 11.1. The molecule has 0 bridgehead atoms. The van der Waals surface area contributed by atoms with E-state index < -0.39 is 11.9 Å². The monoisotopic (exact) mass is 362 g/mol. The summed E-state index contributed by atoms with van der Waals surface area (Å²) in [6, 6.07) is 12.9. The molecule has 0 aromatic heterocycles. The minimum atomic E-state index is -0.430. The summed E-state index contributed by atoms with van der Waals surface area (Å²) in [7, 11) is 0. The maximum atomic E-state index is 11.1. The van der Waals surface area contributed by atoms with Gasteiger partial charge in [-0.15, -0.1) is 0 Å². The molecular formula is C17H15BrO4. The second-order valence-electron chi connectivity index (χ2n) is 4.71. The lowest BCUT2D eigenvalue weighted by molar-refractivity contribution is -0.132. The first kappa shape index (κ1) is 16.2. The molecule has 4 nitrogen and oxygen atoms in total. The molecule has 2 rings (SSSR count). The van der Waals surface area contributed by atoms with Crippen LogP contribution in [-0.4, -0.2) is 11.9 Å². The lowest BCUT2D eigenvalue weighted by atomic mass is 10.0. The molecule has 0 atom stereocenters. The van der Waals surface area contributed by atoms with E-state index in [9.17, 15) is 9.59 Å². The number of alkyl halides is 1. The van der Waals surface area contributed by atoms with Crippen molar-refractivity contribution < 1.29 is 19.1 Å². The summed E-state index contributed by atoms with van der Waals surface area (Å²) in [5.74, 6) is -0.183. The molecular weight excluding hydrogens is 348 g/mol. The molecule has 0 spiro atoms. The van der Waals surface area contributed by atoms with Gasteiger partial charge in [0.15, 0.2) is 0 Å². The van der Waals surface area contributed by atoms with Gasteiger partial charge in [0.2, 0.25) is 0 Å². The summed E-state index contributed by atoms with van der Waals surface area (Å²) in [6.07, 6.45) is 0. The number of ether oxygens (including phenoxy) is 2. The van der Waals surface area contributed by atoms with Crippen LogP contribution in [0.4, 0.5) is 0 Å². The molecule has 22 heavy (non-hydrogen) atoms. The highest BCUT2D eigenvalue weighted by Crippen LogP contribution is 2.30. The summed E-state index contributed by atoms with van der Waals surface area (Å²) in [5.41, 5.74) is 2.89. The van der Waals surface area contributed by atoms with Crippen LogP contribution in [0.2, 0.25) is 0 Å². The first-order chi connectivity index (χ1) is 10.5. The topological polar surface area (TPSA) is 52.6 Å². The molecule has 0 saturated carbocycles. The zero-order chi connectivity index (χ0) is 16.1. The SMILES string of the molecule is CC(=O)Oc1cc(OC(C)=O)cc(-c2ccc(CBr)cc2)c1. The summed E-state index contributed by atoms with van der Waals surface area (Å²) >= 11 is 3.40. The van der Waals surface area contributed by atoms with E-state index in [1.807, 2.05) is 24.3 Å². The third-order valence-electron chi connectivity index (χ3n) is 2.84. The highest BCUT2D eigenvalue weighted by atomic mass is 79.9. The lowest BCUT2D eigenvalue weighted by Gasteiger charge is -2.10. The summed E-state index contributed by atoms with van der Waals surface area (Å²) in [5, 5.41) is 0.777. The van der Waals surface area contributed by atoms with Crippen LogP contribution in [0.5, 0.6) is 11.5 Å². The fraction of sp³-hybridized carbons (Fsp3) is 0.176. The van der Waals surface area contributed by atoms with Gasteiger partial charge >= 0.3 is 11.9 Å². The first-order valence-corrected chi connectivity index (χ1v) is 7.77. The van der Waals surface area contributed by atoms with E-state index in [1.165, 1.54) is 19.9 Å². The van der Waals surface area contributed by atoms with Gasteiger partial charge in [0.05, 0.1) is 0 Å². The fourth-order valence-corrected chi connectivity index (χ4v) is 2.35. The molecule has 0 radical (unpaired) electrons. The Morgan fingerprint density at radius 2 is 1.36 bits per heavy atom. The number of rotatable bonds is 4. The molecule has 2 aromatic carbocycles. The molecule has 0 saturated heterocycles. The van der Waals surface area contributed by atoms with Crippen LogP contribution < -0.4 is 9.47 Å². The Balaban J connectivity index is 2.42. The minimum Gasteiger partial charge on any atom is -0.427 e. The molecule has 0 aliphatic rings. The van der Waals surface area contributed by atoms with Crippen molar-refractivity contribution in [2.75, 3.05) is 0 Å². The van der Waals surface area contributed by atoms with Crippen molar-refractivity contribution in [3.63, 3.8) is 0 Å². The molecule has 114 valence electrons. The number of benzene rings is 2. The average molecular weight is 363 g/mol. The first-order valence-electron chi connectivity index (χ1n) is 6.65. The number of esters is 2. The summed E-state index contributed by atoms with van der Waals surface area (Å²) in [6.45, 7) is 2.64. The molecule has 0 fully saturated rings. The Labute approximate surface area is 137 Å². The molecule has 0 amide bonds. The van der Waals surface area contributed by atoms with Crippen molar-refractivity contribution in [1.29, 1.82) is 0 Å². The largest absolute Gasteiger partial charge is 0.427 e. The predicted octanol–water partition coefficient (Wildman–Crippen LogP) is 4.10. The average Bonchev–Trinajstić information content (AvgIpc) is 2.45. The van der Waals surface area contributed by atoms with Crippen LogP contribution in [0.3, 0.4) is 0 Å². The Hall–Kier alpha value is -2.14. The van der Waals surface area contributed by atoms with Crippen LogP contribution in [0, 0.1) is 0 Å². The molecule has 5 heteroatoms. The van der Waals surface area contributed by atoms with E-state index in [-0.39, 0.29) is 0 Å². The fourth-order valence-electron chi connectivity index (χ4n) is 1.97. The maximum Gasteiger partial charge on any atom is 0.308 e. The van der Waals surface area contributed by atoms with E-state index in [0.717, 1.165) is 22.0 Å². The Bertz CT molecular complexity index is 658. The van der Waals surface area contributed by atoms with Crippen LogP contribution in [-0.2, 0) is 14.9 Å². The van der Waals surface area contributed by atoms with Gasteiger partial charge in [-0.3, -0.25) is 9.59 Å². The Morgan fingerprint density at radius 3 is 1.77 bits per heavy atom. The second-order valence-corrected chi connectivity index (χ2v) is 5.27. The van der Waals surface area contributed by atoms with Gasteiger partial charge in [-0.25, -0.2) is 0 Å². The van der Waals surface area contributed by atoms with Crippen molar-refractivity contribution in [2.24, 2.45) is 0 Å². The predicted molar refractivity (Wildman–Crippen MR) is 87.1 cm³/mol. The van der Waals surface area contributed by atoms with Crippen LogP contribution in [0.25, 0.3) is 11.1 Å². The van der Waals surface area contributed by atoms with E-state index >= 15 is 0 Å². The number of halogens is 1. The standard InChI is InChI=1S/C17H15BrO4/c1-11(19)21-16-7-15(8-17(9-16)22-12(2)20)14-5-3-13(10-18)4-6-14/h3-9H,10H2,1-2H3. The number of hydrogen-bond donors (Lipinski definition) is 0. The molecule has 0 N–H and O–H groups in total. The zero-order valence-electron chi connectivity index (χ0n) is 12.3. The second kappa shape index (κ2) is 7.22. The molecule has 0 unspecified atom stereocenters. The third kappa shape index (κ3) is 4.43. The summed E-state index contributed by atoms with van der Waals surface area (Å²) in [4.78, 5) is 22.3. The normalized spacial score (nSPS) is 10.1. The van der Waals surface area contributed by atoms with Crippen molar-refractivity contribution >= 4 is 27.9 Å². The van der Waals surface area contributed by atoms with Gasteiger partial charge < -0.3 is 9.47 Å². The van der Waals surface area contributed by atoms with Crippen molar-refractivity contribution in [1.82, 2.24) is 0 Å². The van der Waals surface area contributed by atoms with Gasteiger partial charge in [0, 0.05) is 25.2 Å². The minimum absolute atomic E-state index is 0.339. The number of hydrogen-bond acceptors (Lipinski definition) is 4. The Kier molecular flexibility index (Phi) is 5.33. The van der Waals surface area contributed by atoms with Crippen LogP contribution >= 0.6 is 15.9 Å². The van der Waals surface area contributed by atoms with E-state index in [2.05, 4.69) is 15.9 Å². The van der Waals surface area contributed by atoms with Crippen LogP contribution in [0.1, 0.15) is 19.4 Å². The van der Waals surface area contributed by atoms with Gasteiger partial charge in [0.25, 0.3) is 0 Å². The lowest BCUT2D eigenvalue weighted by Crippen LogP contribution is -2.04. The molecule has 2 aromatic rings. The highest BCUT2D eigenvalue weighted by Gasteiger charge is 2.08. The number of carbonyl (C=O) groups excluding carboxylic acids is 2. The molecule has 0 aliphatic carbocycles. The Morgan fingerprint density at radius 1 is 0.864 bits per heavy atom. The quantitative estimate of drug-likeness (QED) is 0.466. The van der Waals surface area contributed by atoms with Crippen LogP contribution in [0.15, 0.2) is 42.5 Å². The van der Waals surface area contributed by atoms with E-state index in [0.29, 0.717) is 11.5 Å². The van der Waals surface area contributed by atoms with Gasteiger partial charge in [-0.05, 0) is 28.8 Å². The van der Waals surface area contributed by atoms with E-state index in [4.69, 9.17) is 9.47 Å². The van der Waals surface area contributed by atoms with Gasteiger partial charge in [0.1, 0.15) is 11.5 Å². The smallest absolute Gasteiger partial charge is 0.308 e. The number of carbonyl (C=O) groups is 2.